The van der Waals surface area contributed by atoms with Gasteiger partial charge in [0, 0.05) is 36.0 Å². The lowest BCUT2D eigenvalue weighted by atomic mass is 10.00. The number of hydrogen-bond acceptors (Lipinski definition) is 2. The van der Waals surface area contributed by atoms with Crippen molar-refractivity contribution in [3.63, 3.8) is 0 Å². The number of benzene rings is 2. The monoisotopic (exact) mass is 398 g/mol. The standard InChI is InChI=1S/C17H17N.C7H9N.C4H8/c1-4-5-6-14-7-9-15(10-8-14)16-11-17(13(2)3)18-12-16;1-6-3-2-4-7(8)5-6;1-3-4-2/h7-10,12H,2,4,11H2,1,3H3;2-5H,8H2,1H3;3-4H,1-2H3/b;;4-3-. The lowest BCUT2D eigenvalue weighted by molar-refractivity contribution is 1.28. The molecule has 2 aromatic rings. The van der Waals surface area contributed by atoms with Gasteiger partial charge in [-0.3, -0.25) is 4.99 Å². The van der Waals surface area contributed by atoms with E-state index in [2.05, 4.69) is 54.6 Å². The second-order valence-corrected chi connectivity index (χ2v) is 7.00. The van der Waals surface area contributed by atoms with E-state index >= 15 is 0 Å². The van der Waals surface area contributed by atoms with Crippen LogP contribution in [-0.2, 0) is 0 Å². The third-order valence-corrected chi connectivity index (χ3v) is 4.27. The van der Waals surface area contributed by atoms with Gasteiger partial charge in [0.2, 0.25) is 0 Å². The molecule has 0 radical (unpaired) electrons. The summed E-state index contributed by atoms with van der Waals surface area (Å²) < 4.78 is 0. The molecular formula is C28H34N2. The third kappa shape index (κ3) is 9.26. The van der Waals surface area contributed by atoms with Crippen molar-refractivity contribution in [2.45, 2.75) is 47.5 Å². The first-order valence-electron chi connectivity index (χ1n) is 10.3. The van der Waals surface area contributed by atoms with Crippen LogP contribution < -0.4 is 5.73 Å². The Labute approximate surface area is 182 Å². The molecule has 0 aromatic heterocycles. The molecule has 0 unspecified atom stereocenters. The zero-order chi connectivity index (χ0) is 22.4. The molecule has 0 fully saturated rings. The Morgan fingerprint density at radius 2 is 1.80 bits per heavy atom. The van der Waals surface area contributed by atoms with Crippen LogP contribution >= 0.6 is 0 Å². The van der Waals surface area contributed by atoms with Crippen molar-refractivity contribution >= 4 is 17.0 Å². The minimum atomic E-state index is 0.838. The lowest BCUT2D eigenvalue weighted by Gasteiger charge is -2.03. The van der Waals surface area contributed by atoms with Crippen molar-refractivity contribution in [2.24, 2.45) is 4.99 Å². The fourth-order valence-corrected chi connectivity index (χ4v) is 2.49. The minimum Gasteiger partial charge on any atom is -0.399 e. The highest BCUT2D eigenvalue weighted by Crippen LogP contribution is 2.25. The Kier molecular flexibility index (Phi) is 11.4. The highest BCUT2D eigenvalue weighted by atomic mass is 14.7. The van der Waals surface area contributed by atoms with Gasteiger partial charge in [-0.2, -0.15) is 0 Å². The Balaban J connectivity index is 0.000000309. The normalized spacial score (nSPS) is 11.8. The van der Waals surface area contributed by atoms with E-state index in [9.17, 15) is 0 Å². The Morgan fingerprint density at radius 1 is 1.13 bits per heavy atom. The van der Waals surface area contributed by atoms with Gasteiger partial charge >= 0.3 is 0 Å². The van der Waals surface area contributed by atoms with E-state index in [0.29, 0.717) is 0 Å². The molecule has 2 aromatic carbocycles. The summed E-state index contributed by atoms with van der Waals surface area (Å²) in [7, 11) is 0. The first-order valence-corrected chi connectivity index (χ1v) is 10.3. The molecule has 2 nitrogen and oxygen atoms in total. The summed E-state index contributed by atoms with van der Waals surface area (Å²) in [5.41, 5.74) is 13.2. The number of hydrogen-bond donors (Lipinski definition) is 1. The number of nitrogens with zero attached hydrogens (tertiary/aromatic N) is 1. The molecule has 3 rings (SSSR count). The molecule has 0 atom stereocenters. The fourth-order valence-electron chi connectivity index (χ4n) is 2.49. The highest BCUT2D eigenvalue weighted by molar-refractivity contribution is 6.08. The highest BCUT2D eigenvalue weighted by Gasteiger charge is 2.12. The summed E-state index contributed by atoms with van der Waals surface area (Å²) in [6.07, 6.45) is 7.72. The zero-order valence-electron chi connectivity index (χ0n) is 19.0. The quantitative estimate of drug-likeness (QED) is 0.320. The average molecular weight is 399 g/mol. The molecule has 0 spiro atoms. The van der Waals surface area contributed by atoms with Gasteiger partial charge in [0.15, 0.2) is 0 Å². The molecule has 1 aliphatic heterocycles. The molecule has 1 heterocycles. The number of aryl methyl sites for hydroxylation is 1. The molecule has 2 heteroatoms. The summed E-state index contributed by atoms with van der Waals surface area (Å²) in [6.45, 7) is 14.0. The zero-order valence-corrected chi connectivity index (χ0v) is 19.0. The molecule has 0 saturated carbocycles. The first kappa shape index (κ1) is 24.7. The van der Waals surface area contributed by atoms with Crippen molar-refractivity contribution in [1.82, 2.24) is 0 Å². The van der Waals surface area contributed by atoms with Crippen LogP contribution in [0.25, 0.3) is 5.57 Å². The molecule has 30 heavy (non-hydrogen) atoms. The van der Waals surface area contributed by atoms with Crippen LogP contribution in [0.15, 0.2) is 84.0 Å². The van der Waals surface area contributed by atoms with E-state index in [1.54, 1.807) is 0 Å². The fraction of sp³-hybridized carbons (Fsp3) is 0.250. The van der Waals surface area contributed by atoms with Crippen LogP contribution in [0.1, 0.15) is 57.2 Å². The van der Waals surface area contributed by atoms with Gasteiger partial charge in [0.25, 0.3) is 0 Å². The molecular weight excluding hydrogens is 364 g/mol. The van der Waals surface area contributed by atoms with E-state index < -0.39 is 0 Å². The van der Waals surface area contributed by atoms with Crippen molar-refractivity contribution in [2.75, 3.05) is 5.73 Å². The molecule has 0 amide bonds. The number of rotatable bonds is 2. The largest absolute Gasteiger partial charge is 0.399 e. The maximum Gasteiger partial charge on any atom is 0.0471 e. The van der Waals surface area contributed by atoms with Gasteiger partial charge in [0.1, 0.15) is 0 Å². The molecule has 0 saturated heterocycles. The second kappa shape index (κ2) is 13.8. The molecule has 0 aliphatic carbocycles. The van der Waals surface area contributed by atoms with E-state index in [1.165, 1.54) is 16.7 Å². The number of aliphatic imine (C=N–C) groups is 1. The van der Waals surface area contributed by atoms with E-state index in [-0.39, 0.29) is 0 Å². The SMILES string of the molecule is C/C=C\C.C=C(C)C1=NC=C(c2ccc(C#CCC)cc2)C1.Cc1cccc(N)c1. The van der Waals surface area contributed by atoms with Crippen LogP contribution in [0.5, 0.6) is 0 Å². The van der Waals surface area contributed by atoms with Crippen LogP contribution in [0.4, 0.5) is 5.69 Å². The maximum absolute atomic E-state index is 5.46. The summed E-state index contributed by atoms with van der Waals surface area (Å²) >= 11 is 0. The Bertz CT molecular complexity index is 940. The van der Waals surface area contributed by atoms with Crippen molar-refractivity contribution in [1.29, 1.82) is 0 Å². The molecule has 2 N–H and O–H groups in total. The van der Waals surface area contributed by atoms with Crippen LogP contribution in [0.3, 0.4) is 0 Å². The van der Waals surface area contributed by atoms with Crippen molar-refractivity contribution in [3.05, 3.63) is 95.7 Å². The number of nitrogen functional groups attached to an aromatic ring is 1. The minimum absolute atomic E-state index is 0.838. The van der Waals surface area contributed by atoms with Gasteiger partial charge in [-0.05, 0) is 74.2 Å². The molecule has 156 valence electrons. The van der Waals surface area contributed by atoms with Gasteiger partial charge in [-0.1, -0.05) is 61.8 Å². The molecule has 1 aliphatic rings. The Morgan fingerprint density at radius 3 is 2.23 bits per heavy atom. The van der Waals surface area contributed by atoms with Gasteiger partial charge < -0.3 is 5.73 Å². The Hall–Kier alpha value is -3.31. The number of anilines is 1. The maximum atomic E-state index is 5.46. The summed E-state index contributed by atoms with van der Waals surface area (Å²) in [5.74, 6) is 6.20. The van der Waals surface area contributed by atoms with Crippen molar-refractivity contribution in [3.8, 4) is 11.8 Å². The predicted molar refractivity (Wildman–Crippen MR) is 135 cm³/mol. The predicted octanol–water partition coefficient (Wildman–Crippen LogP) is 7.37. The van der Waals surface area contributed by atoms with Crippen molar-refractivity contribution < 1.29 is 0 Å². The number of allylic oxidation sites excluding steroid dienone is 4. The first-order chi connectivity index (χ1) is 14.4. The summed E-state index contributed by atoms with van der Waals surface area (Å²) in [4.78, 5) is 4.39. The molecule has 0 bridgehead atoms. The van der Waals surface area contributed by atoms with E-state index in [4.69, 9.17) is 5.73 Å². The van der Waals surface area contributed by atoms with Gasteiger partial charge in [-0.15, -0.1) is 0 Å². The van der Waals surface area contributed by atoms with Crippen LogP contribution in [0, 0.1) is 18.8 Å². The third-order valence-electron chi connectivity index (χ3n) is 4.27. The number of nitrogens with two attached hydrogens (primary N) is 1. The lowest BCUT2D eigenvalue weighted by Crippen LogP contribution is -1.95. The van der Waals surface area contributed by atoms with E-state index in [0.717, 1.165) is 35.4 Å². The topological polar surface area (TPSA) is 38.4 Å². The second-order valence-electron chi connectivity index (χ2n) is 7.00. The average Bonchev–Trinajstić information content (AvgIpc) is 3.24. The van der Waals surface area contributed by atoms with E-state index in [1.807, 2.05) is 70.3 Å². The summed E-state index contributed by atoms with van der Waals surface area (Å²) in [5, 5.41) is 0. The van der Waals surface area contributed by atoms with Crippen LogP contribution in [-0.4, -0.2) is 5.71 Å². The summed E-state index contributed by atoms with van der Waals surface area (Å²) in [6, 6.07) is 16.2. The van der Waals surface area contributed by atoms with Gasteiger partial charge in [0.05, 0.1) is 0 Å². The van der Waals surface area contributed by atoms with Crippen LogP contribution in [0.2, 0.25) is 0 Å². The smallest absolute Gasteiger partial charge is 0.0471 e. The van der Waals surface area contributed by atoms with Gasteiger partial charge in [-0.25, -0.2) is 0 Å².